The van der Waals surface area contributed by atoms with Crippen molar-refractivity contribution in [3.05, 3.63) is 11.6 Å². The molecule has 0 bridgehead atoms. The zero-order valence-corrected chi connectivity index (χ0v) is 13.5. The van der Waals surface area contributed by atoms with E-state index in [-0.39, 0.29) is 32.8 Å². The molecule has 0 saturated heterocycles. The van der Waals surface area contributed by atoms with Gasteiger partial charge in [0.1, 0.15) is 0 Å². The van der Waals surface area contributed by atoms with Crippen LogP contribution in [-0.2, 0) is 23.8 Å². The van der Waals surface area contributed by atoms with Crippen molar-refractivity contribution >= 4 is 18.0 Å². The van der Waals surface area contributed by atoms with Crippen molar-refractivity contribution in [2.75, 3.05) is 26.4 Å². The van der Waals surface area contributed by atoms with E-state index in [1.807, 2.05) is 0 Å². The smallest absolute Gasteiger partial charge is 0.411 e. The molecule has 22 heavy (non-hydrogen) atoms. The summed E-state index contributed by atoms with van der Waals surface area (Å²) in [5.74, 6) is -1.59. The third-order valence-corrected chi connectivity index (χ3v) is 3.33. The van der Waals surface area contributed by atoms with Gasteiger partial charge in [-0.1, -0.05) is 11.6 Å². The minimum Gasteiger partial charge on any atom is -0.464 e. The van der Waals surface area contributed by atoms with Crippen LogP contribution in [0.3, 0.4) is 0 Å². The molecule has 7 heteroatoms. The number of rotatable bonds is 5. The number of ether oxygens (including phenoxy) is 3. The minimum absolute atomic E-state index is 0.0312. The van der Waals surface area contributed by atoms with Gasteiger partial charge in [-0.25, -0.2) is 14.4 Å². The number of hydrogen-bond donors (Lipinski definition) is 0. The van der Waals surface area contributed by atoms with Gasteiger partial charge in [-0.2, -0.15) is 0 Å². The van der Waals surface area contributed by atoms with Gasteiger partial charge in [-0.15, -0.1) is 0 Å². The van der Waals surface area contributed by atoms with E-state index in [9.17, 15) is 14.4 Å². The highest BCUT2D eigenvalue weighted by atomic mass is 16.6. The molecular formula is C15H23NO6. The van der Waals surface area contributed by atoms with E-state index in [1.54, 1.807) is 33.8 Å². The van der Waals surface area contributed by atoms with Gasteiger partial charge in [0.15, 0.2) is 0 Å². The number of amides is 1. The van der Waals surface area contributed by atoms with E-state index in [2.05, 4.69) is 0 Å². The highest BCUT2D eigenvalue weighted by molar-refractivity contribution is 6.08. The fraction of sp³-hybridized carbons (Fsp3) is 0.667. The summed E-state index contributed by atoms with van der Waals surface area (Å²) in [5, 5.41) is 0. The molecule has 1 heterocycles. The molecular weight excluding hydrogens is 290 g/mol. The van der Waals surface area contributed by atoms with Gasteiger partial charge in [-0.05, 0) is 27.7 Å². The zero-order valence-electron chi connectivity index (χ0n) is 13.5. The lowest BCUT2D eigenvalue weighted by Crippen LogP contribution is -2.64. The van der Waals surface area contributed by atoms with Crippen LogP contribution in [0.15, 0.2) is 11.6 Å². The van der Waals surface area contributed by atoms with Crippen LogP contribution in [0.5, 0.6) is 0 Å². The van der Waals surface area contributed by atoms with Crippen molar-refractivity contribution < 1.29 is 28.6 Å². The number of esters is 2. The van der Waals surface area contributed by atoms with E-state index in [0.29, 0.717) is 0 Å². The molecule has 1 aliphatic rings. The van der Waals surface area contributed by atoms with Crippen LogP contribution in [0.2, 0.25) is 0 Å². The Morgan fingerprint density at radius 2 is 1.55 bits per heavy atom. The number of carbonyl (C=O) groups is 3. The van der Waals surface area contributed by atoms with Crippen molar-refractivity contribution in [3.63, 3.8) is 0 Å². The minimum atomic E-state index is -1.82. The predicted octanol–water partition coefficient (Wildman–Crippen LogP) is 1.66. The fourth-order valence-electron chi connectivity index (χ4n) is 2.35. The third-order valence-electron chi connectivity index (χ3n) is 3.33. The van der Waals surface area contributed by atoms with Crippen LogP contribution in [0.1, 0.15) is 34.1 Å². The normalized spacial score (nSPS) is 16.5. The molecule has 0 aromatic carbocycles. The monoisotopic (exact) mass is 313 g/mol. The van der Waals surface area contributed by atoms with Gasteiger partial charge in [0, 0.05) is 13.0 Å². The first-order valence-electron chi connectivity index (χ1n) is 7.38. The predicted molar refractivity (Wildman–Crippen MR) is 78.1 cm³/mol. The maximum Gasteiger partial charge on any atom is 0.411 e. The Labute approximate surface area is 130 Å². The highest BCUT2D eigenvalue weighted by Gasteiger charge is 2.57. The molecule has 1 amide bonds. The van der Waals surface area contributed by atoms with Crippen LogP contribution in [-0.4, -0.2) is 54.8 Å². The second kappa shape index (κ2) is 7.82. The van der Waals surface area contributed by atoms with Crippen molar-refractivity contribution in [1.82, 2.24) is 4.90 Å². The van der Waals surface area contributed by atoms with Crippen molar-refractivity contribution in [1.29, 1.82) is 0 Å². The van der Waals surface area contributed by atoms with Crippen LogP contribution in [0.25, 0.3) is 0 Å². The summed E-state index contributed by atoms with van der Waals surface area (Å²) in [7, 11) is 0. The van der Waals surface area contributed by atoms with Crippen molar-refractivity contribution in [2.45, 2.75) is 39.7 Å². The molecule has 124 valence electrons. The summed E-state index contributed by atoms with van der Waals surface area (Å²) >= 11 is 0. The number of hydrogen-bond acceptors (Lipinski definition) is 6. The molecule has 0 aromatic rings. The second-order valence-electron chi connectivity index (χ2n) is 4.84. The molecule has 0 N–H and O–H groups in total. The molecule has 0 radical (unpaired) electrons. The fourth-order valence-corrected chi connectivity index (χ4v) is 2.35. The van der Waals surface area contributed by atoms with Crippen LogP contribution in [0, 0.1) is 0 Å². The van der Waals surface area contributed by atoms with Gasteiger partial charge >= 0.3 is 18.0 Å². The number of carbonyl (C=O) groups excluding carboxylic acids is 3. The average Bonchev–Trinajstić information content (AvgIpc) is 2.47. The Bertz CT molecular complexity index is 453. The first-order chi connectivity index (χ1) is 10.4. The molecule has 0 spiro atoms. The lowest BCUT2D eigenvalue weighted by atomic mass is 9.86. The Balaban J connectivity index is 3.32. The average molecular weight is 313 g/mol. The van der Waals surface area contributed by atoms with Gasteiger partial charge in [0.2, 0.25) is 5.54 Å². The molecule has 0 fully saturated rings. The summed E-state index contributed by atoms with van der Waals surface area (Å²) in [6.07, 6.45) is 1.06. The largest absolute Gasteiger partial charge is 0.464 e. The number of nitrogens with zero attached hydrogens (tertiary/aromatic N) is 1. The Morgan fingerprint density at radius 1 is 1.05 bits per heavy atom. The Morgan fingerprint density at radius 3 is 2.00 bits per heavy atom. The third kappa shape index (κ3) is 3.40. The summed E-state index contributed by atoms with van der Waals surface area (Å²) < 4.78 is 15.1. The van der Waals surface area contributed by atoms with E-state index < -0.39 is 23.6 Å². The topological polar surface area (TPSA) is 82.1 Å². The lowest BCUT2D eigenvalue weighted by Gasteiger charge is -2.40. The second-order valence-corrected chi connectivity index (χ2v) is 4.84. The van der Waals surface area contributed by atoms with E-state index in [4.69, 9.17) is 14.2 Å². The summed E-state index contributed by atoms with van der Waals surface area (Å²) in [6.45, 7) is 7.13. The molecule has 1 aliphatic heterocycles. The Hall–Kier alpha value is -2.05. The Kier molecular flexibility index (Phi) is 6.39. The molecule has 0 atom stereocenters. The maximum atomic E-state index is 12.5. The molecule has 1 rings (SSSR count). The molecule has 0 aliphatic carbocycles. The van der Waals surface area contributed by atoms with E-state index in [1.165, 1.54) is 0 Å². The zero-order chi connectivity index (χ0) is 16.8. The quantitative estimate of drug-likeness (QED) is 0.332. The summed E-state index contributed by atoms with van der Waals surface area (Å²) in [4.78, 5) is 38.3. The molecule has 7 nitrogen and oxygen atoms in total. The maximum absolute atomic E-state index is 12.5. The van der Waals surface area contributed by atoms with Gasteiger partial charge < -0.3 is 14.2 Å². The summed E-state index contributed by atoms with van der Waals surface area (Å²) in [5.41, 5.74) is -1.02. The van der Waals surface area contributed by atoms with Gasteiger partial charge in [0.25, 0.3) is 0 Å². The van der Waals surface area contributed by atoms with E-state index in [0.717, 1.165) is 10.5 Å². The van der Waals surface area contributed by atoms with Gasteiger partial charge in [0.05, 0.1) is 19.8 Å². The van der Waals surface area contributed by atoms with Crippen molar-refractivity contribution in [3.8, 4) is 0 Å². The van der Waals surface area contributed by atoms with E-state index >= 15 is 0 Å². The van der Waals surface area contributed by atoms with Crippen LogP contribution < -0.4 is 0 Å². The first-order valence-corrected chi connectivity index (χ1v) is 7.38. The first kappa shape index (κ1) is 18.0. The molecule has 0 unspecified atom stereocenters. The van der Waals surface area contributed by atoms with Crippen LogP contribution >= 0.6 is 0 Å². The van der Waals surface area contributed by atoms with Crippen molar-refractivity contribution in [2.24, 2.45) is 0 Å². The summed E-state index contributed by atoms with van der Waals surface area (Å²) in [6, 6.07) is 0. The van der Waals surface area contributed by atoms with Gasteiger partial charge in [-0.3, -0.25) is 4.90 Å². The highest BCUT2D eigenvalue weighted by Crippen LogP contribution is 2.32. The van der Waals surface area contributed by atoms with Crippen LogP contribution in [0.4, 0.5) is 4.79 Å². The SMILES string of the molecule is CCOC(=O)N1CC=C(C)CC1(C(=O)OCC)C(=O)OCC. The molecule has 0 saturated carbocycles. The molecule has 0 aromatic heterocycles. The standard InChI is InChI=1S/C15H23NO6/c1-5-20-12(17)15(13(18)21-6-2)10-11(4)8-9-16(15)14(19)22-7-3/h8H,5-7,9-10H2,1-4H3. The lowest BCUT2D eigenvalue weighted by molar-refractivity contribution is -0.174.